The van der Waals surface area contributed by atoms with Crippen LogP contribution >= 0.6 is 0 Å². The Morgan fingerprint density at radius 2 is 1.95 bits per heavy atom. The second-order valence-corrected chi connectivity index (χ2v) is 7.45. The van der Waals surface area contributed by atoms with Gasteiger partial charge in [-0.05, 0) is 31.6 Å². The van der Waals surface area contributed by atoms with Gasteiger partial charge in [-0.3, -0.25) is 4.68 Å². The van der Waals surface area contributed by atoms with Crippen molar-refractivity contribution in [2.45, 2.75) is 43.5 Å². The number of nitrogen functional groups attached to an aromatic ring is 1. The van der Waals surface area contributed by atoms with Crippen LogP contribution in [0.1, 0.15) is 32.6 Å². The first-order valence-electron chi connectivity index (χ1n) is 6.59. The third-order valence-corrected chi connectivity index (χ3v) is 5.91. The summed E-state index contributed by atoms with van der Waals surface area (Å²) in [6, 6.07) is 0.0702. The van der Waals surface area contributed by atoms with Crippen LogP contribution < -0.4 is 5.73 Å². The Bertz CT molecular complexity index is 544. The number of sulfonamides is 1. The van der Waals surface area contributed by atoms with E-state index in [1.54, 1.807) is 14.1 Å². The third kappa shape index (κ3) is 2.76. The third-order valence-electron chi connectivity index (χ3n) is 3.98. The maximum Gasteiger partial charge on any atom is 0.248 e. The largest absolute Gasteiger partial charge is 0.381 e. The highest BCUT2D eigenvalue weighted by Crippen LogP contribution is 2.30. The van der Waals surface area contributed by atoms with E-state index in [1.165, 1.54) is 15.2 Å². The highest BCUT2D eigenvalue weighted by atomic mass is 32.2. The molecule has 0 amide bonds. The van der Waals surface area contributed by atoms with E-state index >= 15 is 0 Å². The molecule has 7 heteroatoms. The number of nitrogens with two attached hydrogens (primary N) is 1. The topological polar surface area (TPSA) is 81.2 Å². The lowest BCUT2D eigenvalue weighted by atomic mass is 9.87. The number of hydrogen-bond acceptors (Lipinski definition) is 4. The van der Waals surface area contributed by atoms with Crippen molar-refractivity contribution in [3.63, 3.8) is 0 Å². The molecule has 0 bridgehead atoms. The molecule has 0 radical (unpaired) electrons. The van der Waals surface area contributed by atoms with Gasteiger partial charge in [0.2, 0.25) is 10.0 Å². The van der Waals surface area contributed by atoms with Crippen LogP contribution in [0.25, 0.3) is 0 Å². The molecule has 1 aromatic heterocycles. The predicted molar refractivity (Wildman–Crippen MR) is 74.0 cm³/mol. The van der Waals surface area contributed by atoms with E-state index in [0.717, 1.165) is 25.7 Å². The molecule has 0 atom stereocenters. The molecule has 19 heavy (non-hydrogen) atoms. The van der Waals surface area contributed by atoms with E-state index in [9.17, 15) is 8.42 Å². The fourth-order valence-electron chi connectivity index (χ4n) is 2.64. The molecule has 0 saturated heterocycles. The molecule has 108 valence electrons. The highest BCUT2D eigenvalue weighted by molar-refractivity contribution is 7.89. The molecule has 0 unspecified atom stereocenters. The standard InChI is InChI=1S/C12H22N4O2S/c1-9-4-6-10(7-5-9)16(3)19(17,18)11-8-15(2)14-12(11)13/h8-10H,4-7H2,1-3H3,(H2,13,14). The molecule has 2 N–H and O–H groups in total. The molecule has 0 spiro atoms. The minimum atomic E-state index is -3.54. The van der Waals surface area contributed by atoms with Crippen LogP contribution in [0.3, 0.4) is 0 Å². The maximum absolute atomic E-state index is 12.5. The molecule has 1 aromatic rings. The Kier molecular flexibility index (Phi) is 3.87. The summed E-state index contributed by atoms with van der Waals surface area (Å²) in [5.41, 5.74) is 5.68. The number of aromatic nitrogens is 2. The lowest BCUT2D eigenvalue weighted by Crippen LogP contribution is -2.39. The summed E-state index contributed by atoms with van der Waals surface area (Å²) in [4.78, 5) is 0.108. The smallest absolute Gasteiger partial charge is 0.248 e. The lowest BCUT2D eigenvalue weighted by Gasteiger charge is -2.32. The number of anilines is 1. The van der Waals surface area contributed by atoms with Crippen LogP contribution in [-0.4, -0.2) is 35.6 Å². The molecule has 0 aromatic carbocycles. The van der Waals surface area contributed by atoms with Gasteiger partial charge in [0.05, 0.1) is 0 Å². The maximum atomic E-state index is 12.5. The van der Waals surface area contributed by atoms with E-state index in [4.69, 9.17) is 5.73 Å². The van der Waals surface area contributed by atoms with Gasteiger partial charge < -0.3 is 5.73 Å². The predicted octanol–water partition coefficient (Wildman–Crippen LogP) is 1.20. The molecule has 1 aliphatic carbocycles. The average Bonchev–Trinajstić information content (AvgIpc) is 2.69. The van der Waals surface area contributed by atoms with Crippen molar-refractivity contribution in [3.8, 4) is 0 Å². The normalized spacial score (nSPS) is 24.8. The van der Waals surface area contributed by atoms with Crippen molar-refractivity contribution in [2.75, 3.05) is 12.8 Å². The van der Waals surface area contributed by atoms with E-state index in [0.29, 0.717) is 5.92 Å². The molecule has 0 aliphatic heterocycles. The minimum Gasteiger partial charge on any atom is -0.381 e. The Hall–Kier alpha value is -1.08. The van der Waals surface area contributed by atoms with Crippen LogP contribution in [0.5, 0.6) is 0 Å². The molecule has 1 aliphatic rings. The van der Waals surface area contributed by atoms with E-state index in [2.05, 4.69) is 12.0 Å². The van der Waals surface area contributed by atoms with Crippen molar-refractivity contribution in [3.05, 3.63) is 6.20 Å². The molecule has 1 fully saturated rings. The number of rotatable bonds is 3. The Labute approximate surface area is 114 Å². The molecule has 1 heterocycles. The summed E-state index contributed by atoms with van der Waals surface area (Å²) in [7, 11) is -0.235. The quantitative estimate of drug-likeness (QED) is 0.905. The van der Waals surface area contributed by atoms with Crippen molar-refractivity contribution in [1.82, 2.24) is 14.1 Å². The van der Waals surface area contributed by atoms with Gasteiger partial charge in [0.15, 0.2) is 5.82 Å². The first-order valence-corrected chi connectivity index (χ1v) is 8.03. The second-order valence-electron chi connectivity index (χ2n) is 5.49. The van der Waals surface area contributed by atoms with Gasteiger partial charge in [0.1, 0.15) is 4.90 Å². The molecular weight excluding hydrogens is 264 g/mol. The zero-order valence-corrected chi connectivity index (χ0v) is 12.5. The zero-order valence-electron chi connectivity index (χ0n) is 11.7. The van der Waals surface area contributed by atoms with E-state index in [1.807, 2.05) is 0 Å². The first kappa shape index (κ1) is 14.3. The highest BCUT2D eigenvalue weighted by Gasteiger charge is 2.32. The van der Waals surface area contributed by atoms with Gasteiger partial charge >= 0.3 is 0 Å². The number of nitrogens with zero attached hydrogens (tertiary/aromatic N) is 3. The monoisotopic (exact) mass is 286 g/mol. The molecule has 6 nitrogen and oxygen atoms in total. The van der Waals surface area contributed by atoms with Crippen LogP contribution in [0, 0.1) is 5.92 Å². The van der Waals surface area contributed by atoms with Gasteiger partial charge in [0, 0.05) is 26.3 Å². The summed E-state index contributed by atoms with van der Waals surface area (Å²) in [6.07, 6.45) is 5.45. The summed E-state index contributed by atoms with van der Waals surface area (Å²) in [5, 5.41) is 3.91. The van der Waals surface area contributed by atoms with E-state index < -0.39 is 10.0 Å². The number of aryl methyl sites for hydroxylation is 1. The fraction of sp³-hybridized carbons (Fsp3) is 0.750. The molecule has 1 saturated carbocycles. The van der Waals surface area contributed by atoms with Gasteiger partial charge in [-0.15, -0.1) is 0 Å². The second kappa shape index (κ2) is 5.13. The lowest BCUT2D eigenvalue weighted by molar-refractivity contribution is 0.246. The van der Waals surface area contributed by atoms with Gasteiger partial charge in [-0.2, -0.15) is 9.40 Å². The van der Waals surface area contributed by atoms with Crippen molar-refractivity contribution < 1.29 is 8.42 Å². The minimum absolute atomic E-state index is 0.0681. The van der Waals surface area contributed by atoms with E-state index in [-0.39, 0.29) is 16.8 Å². The summed E-state index contributed by atoms with van der Waals surface area (Å²) >= 11 is 0. The van der Waals surface area contributed by atoms with Crippen LogP contribution in [0.4, 0.5) is 5.82 Å². The van der Waals surface area contributed by atoms with Gasteiger partial charge in [-0.1, -0.05) is 6.92 Å². The fourth-order valence-corrected chi connectivity index (χ4v) is 4.14. The zero-order chi connectivity index (χ0) is 14.2. The van der Waals surface area contributed by atoms with Gasteiger partial charge in [0.25, 0.3) is 0 Å². The molecular formula is C12H22N4O2S. The SMILES string of the molecule is CC1CCC(N(C)S(=O)(=O)c2cn(C)nc2N)CC1. The summed E-state index contributed by atoms with van der Waals surface area (Å²) in [6.45, 7) is 2.21. The summed E-state index contributed by atoms with van der Waals surface area (Å²) < 4.78 is 28.0. The Morgan fingerprint density at radius 1 is 1.37 bits per heavy atom. The number of hydrogen-bond donors (Lipinski definition) is 1. The van der Waals surface area contributed by atoms with Crippen molar-refractivity contribution in [1.29, 1.82) is 0 Å². The summed E-state index contributed by atoms with van der Waals surface area (Å²) in [5.74, 6) is 0.759. The first-order chi connectivity index (χ1) is 8.82. The Morgan fingerprint density at radius 3 is 2.42 bits per heavy atom. The average molecular weight is 286 g/mol. The van der Waals surface area contributed by atoms with Crippen LogP contribution in [-0.2, 0) is 17.1 Å². The van der Waals surface area contributed by atoms with Gasteiger partial charge in [-0.25, -0.2) is 8.42 Å². The Balaban J connectivity index is 2.22. The van der Waals surface area contributed by atoms with Crippen molar-refractivity contribution in [2.24, 2.45) is 13.0 Å². The van der Waals surface area contributed by atoms with Crippen LogP contribution in [0.15, 0.2) is 11.1 Å². The van der Waals surface area contributed by atoms with Crippen LogP contribution in [0.2, 0.25) is 0 Å². The van der Waals surface area contributed by atoms with Crippen molar-refractivity contribution >= 4 is 15.8 Å². The molecule has 2 rings (SSSR count).